The topological polar surface area (TPSA) is 9.23 Å². The number of halogens is 2. The molecule has 0 spiro atoms. The van der Waals surface area contributed by atoms with Crippen LogP contribution in [0.15, 0.2) is 12.1 Å². The summed E-state index contributed by atoms with van der Waals surface area (Å²) in [7, 11) is 0. The molecule has 2 rings (SSSR count). The van der Waals surface area contributed by atoms with Crippen LogP contribution < -0.4 is 4.74 Å². The normalized spacial score (nSPS) is 21.0. The van der Waals surface area contributed by atoms with E-state index in [9.17, 15) is 8.78 Å². The van der Waals surface area contributed by atoms with E-state index in [-0.39, 0.29) is 11.7 Å². The third-order valence-electron chi connectivity index (χ3n) is 5.38. The van der Waals surface area contributed by atoms with Crippen molar-refractivity contribution in [2.45, 2.75) is 84.0 Å². The summed E-state index contributed by atoms with van der Waals surface area (Å²) in [5.41, 5.74) is 0.539. The second kappa shape index (κ2) is 10.0. The molecular formula is C21H32F2O. The van der Waals surface area contributed by atoms with Crippen LogP contribution in [0.2, 0.25) is 0 Å². The van der Waals surface area contributed by atoms with Crippen molar-refractivity contribution in [3.05, 3.63) is 29.3 Å². The van der Waals surface area contributed by atoms with E-state index < -0.39 is 11.6 Å². The summed E-state index contributed by atoms with van der Waals surface area (Å²) in [6.45, 7) is 4.36. The number of ether oxygens (including phenoxy) is 1. The van der Waals surface area contributed by atoms with Crippen molar-refractivity contribution in [2.24, 2.45) is 5.92 Å². The Morgan fingerprint density at radius 3 is 2.29 bits per heavy atom. The standard InChI is InChI=1S/C21H32F2O/c1-3-5-6-7-8-9-16-10-12-17(13-11-16)18-14-15-19(24-4-2)21(23)20(18)22/h14-17H,3-13H2,1-2H3/t16-,17-. The van der Waals surface area contributed by atoms with Crippen molar-refractivity contribution in [2.75, 3.05) is 6.61 Å². The van der Waals surface area contributed by atoms with Crippen LogP contribution in [0.4, 0.5) is 8.78 Å². The van der Waals surface area contributed by atoms with Gasteiger partial charge in [-0.2, -0.15) is 4.39 Å². The Bertz CT molecular complexity index is 493. The van der Waals surface area contributed by atoms with Gasteiger partial charge in [-0.15, -0.1) is 0 Å². The van der Waals surface area contributed by atoms with Crippen molar-refractivity contribution in [1.82, 2.24) is 0 Å². The lowest BCUT2D eigenvalue weighted by molar-refractivity contribution is 0.291. The first-order chi connectivity index (χ1) is 11.7. The van der Waals surface area contributed by atoms with Crippen LogP contribution in [0, 0.1) is 17.6 Å². The van der Waals surface area contributed by atoms with Crippen molar-refractivity contribution in [1.29, 1.82) is 0 Å². The summed E-state index contributed by atoms with van der Waals surface area (Å²) in [6, 6.07) is 3.30. The van der Waals surface area contributed by atoms with Crippen molar-refractivity contribution in [3.63, 3.8) is 0 Å². The van der Waals surface area contributed by atoms with Crippen molar-refractivity contribution >= 4 is 0 Å². The molecule has 24 heavy (non-hydrogen) atoms. The van der Waals surface area contributed by atoms with E-state index in [0.29, 0.717) is 12.2 Å². The minimum Gasteiger partial charge on any atom is -0.491 e. The first-order valence-electron chi connectivity index (χ1n) is 9.78. The molecule has 1 fully saturated rings. The Kier molecular flexibility index (Phi) is 8.01. The number of hydrogen-bond acceptors (Lipinski definition) is 1. The van der Waals surface area contributed by atoms with Gasteiger partial charge in [0.15, 0.2) is 11.6 Å². The largest absolute Gasteiger partial charge is 0.491 e. The SMILES string of the molecule is CCCCCCC[C@H]1CC[C@H](c2ccc(OCC)c(F)c2F)CC1. The quantitative estimate of drug-likeness (QED) is 0.440. The van der Waals surface area contributed by atoms with Crippen molar-refractivity contribution < 1.29 is 13.5 Å². The predicted molar refractivity (Wildman–Crippen MR) is 95.6 cm³/mol. The zero-order chi connectivity index (χ0) is 17.4. The fourth-order valence-corrected chi connectivity index (χ4v) is 3.93. The fourth-order valence-electron chi connectivity index (χ4n) is 3.93. The van der Waals surface area contributed by atoms with Gasteiger partial charge in [-0.25, -0.2) is 4.39 Å². The lowest BCUT2D eigenvalue weighted by atomic mass is 9.77. The van der Waals surface area contributed by atoms with E-state index >= 15 is 0 Å². The summed E-state index contributed by atoms with van der Waals surface area (Å²) in [5, 5.41) is 0. The molecular weight excluding hydrogens is 306 g/mol. The van der Waals surface area contributed by atoms with E-state index in [1.165, 1.54) is 38.5 Å². The highest BCUT2D eigenvalue weighted by atomic mass is 19.2. The van der Waals surface area contributed by atoms with Gasteiger partial charge in [-0.1, -0.05) is 51.5 Å². The monoisotopic (exact) mass is 338 g/mol. The Hall–Kier alpha value is -1.12. The highest BCUT2D eigenvalue weighted by Gasteiger charge is 2.26. The van der Waals surface area contributed by atoms with Crippen LogP contribution in [0.5, 0.6) is 5.75 Å². The predicted octanol–water partition coefficient (Wildman–Crippen LogP) is 7.00. The van der Waals surface area contributed by atoms with E-state index in [0.717, 1.165) is 31.6 Å². The molecule has 1 aromatic carbocycles. The molecule has 0 saturated heterocycles. The van der Waals surface area contributed by atoms with E-state index in [4.69, 9.17) is 4.74 Å². The maximum absolute atomic E-state index is 14.3. The van der Waals surface area contributed by atoms with Crippen LogP contribution in [-0.4, -0.2) is 6.61 Å². The summed E-state index contributed by atoms with van der Waals surface area (Å²) in [5.74, 6) is -0.569. The molecule has 136 valence electrons. The fraction of sp³-hybridized carbons (Fsp3) is 0.714. The maximum Gasteiger partial charge on any atom is 0.200 e. The third-order valence-corrected chi connectivity index (χ3v) is 5.38. The van der Waals surface area contributed by atoms with Crippen LogP contribution >= 0.6 is 0 Å². The number of hydrogen-bond donors (Lipinski definition) is 0. The van der Waals surface area contributed by atoms with Crippen LogP contribution in [0.3, 0.4) is 0 Å². The highest BCUT2D eigenvalue weighted by Crippen LogP contribution is 2.40. The number of unbranched alkanes of at least 4 members (excludes halogenated alkanes) is 4. The Morgan fingerprint density at radius 2 is 1.62 bits per heavy atom. The molecule has 0 heterocycles. The van der Waals surface area contributed by atoms with Gasteiger partial charge in [0.05, 0.1) is 6.61 Å². The molecule has 1 aliphatic carbocycles. The summed E-state index contributed by atoms with van der Waals surface area (Å²) < 4.78 is 33.5. The van der Waals surface area contributed by atoms with Gasteiger partial charge in [-0.05, 0) is 56.1 Å². The molecule has 0 atom stereocenters. The third kappa shape index (κ3) is 5.19. The maximum atomic E-state index is 14.3. The molecule has 0 aromatic heterocycles. The second-order valence-electron chi connectivity index (χ2n) is 7.13. The molecule has 0 radical (unpaired) electrons. The first-order valence-corrected chi connectivity index (χ1v) is 9.78. The lowest BCUT2D eigenvalue weighted by Crippen LogP contribution is -2.15. The van der Waals surface area contributed by atoms with E-state index in [1.807, 2.05) is 0 Å². The summed E-state index contributed by atoms with van der Waals surface area (Å²) in [6.07, 6.45) is 12.2. The Balaban J connectivity index is 1.83. The van der Waals surface area contributed by atoms with Gasteiger partial charge in [0.2, 0.25) is 5.82 Å². The average Bonchev–Trinajstić information content (AvgIpc) is 2.60. The van der Waals surface area contributed by atoms with Gasteiger partial charge in [0, 0.05) is 0 Å². The molecule has 1 nitrogen and oxygen atoms in total. The Labute approximate surface area is 145 Å². The van der Waals surface area contributed by atoms with E-state index in [1.54, 1.807) is 19.1 Å². The van der Waals surface area contributed by atoms with Crippen molar-refractivity contribution in [3.8, 4) is 5.75 Å². The average molecular weight is 338 g/mol. The molecule has 0 aliphatic heterocycles. The molecule has 1 saturated carbocycles. The summed E-state index contributed by atoms with van der Waals surface area (Å²) >= 11 is 0. The van der Waals surface area contributed by atoms with Gasteiger partial charge < -0.3 is 4.74 Å². The molecule has 1 aromatic rings. The van der Waals surface area contributed by atoms with Gasteiger partial charge in [0.25, 0.3) is 0 Å². The van der Waals surface area contributed by atoms with Crippen LogP contribution in [0.25, 0.3) is 0 Å². The highest BCUT2D eigenvalue weighted by molar-refractivity contribution is 5.33. The van der Waals surface area contributed by atoms with E-state index in [2.05, 4.69) is 6.92 Å². The zero-order valence-electron chi connectivity index (χ0n) is 15.3. The lowest BCUT2D eigenvalue weighted by Gasteiger charge is -2.29. The number of benzene rings is 1. The molecule has 0 bridgehead atoms. The van der Waals surface area contributed by atoms with Gasteiger partial charge in [-0.3, -0.25) is 0 Å². The Morgan fingerprint density at radius 1 is 0.917 bits per heavy atom. The van der Waals surface area contributed by atoms with Crippen LogP contribution in [0.1, 0.15) is 89.5 Å². The smallest absolute Gasteiger partial charge is 0.200 e. The molecule has 0 N–H and O–H groups in total. The second-order valence-corrected chi connectivity index (χ2v) is 7.13. The van der Waals surface area contributed by atoms with Gasteiger partial charge in [0.1, 0.15) is 0 Å². The minimum atomic E-state index is -0.826. The molecule has 0 amide bonds. The number of rotatable bonds is 9. The van der Waals surface area contributed by atoms with Crippen LogP contribution in [-0.2, 0) is 0 Å². The summed E-state index contributed by atoms with van der Waals surface area (Å²) in [4.78, 5) is 0. The minimum absolute atomic E-state index is 0.0273. The molecule has 0 unspecified atom stereocenters. The molecule has 3 heteroatoms. The molecule has 1 aliphatic rings. The van der Waals surface area contributed by atoms with Gasteiger partial charge >= 0.3 is 0 Å². The first kappa shape index (κ1) is 19.2. The zero-order valence-corrected chi connectivity index (χ0v) is 15.3.